The van der Waals surface area contributed by atoms with Crippen molar-refractivity contribution in [2.45, 2.75) is 12.8 Å². The van der Waals surface area contributed by atoms with Crippen LogP contribution in [0.2, 0.25) is 0 Å². The zero-order chi connectivity index (χ0) is 20.8. The van der Waals surface area contributed by atoms with Gasteiger partial charge in [-0.05, 0) is 43.2 Å². The van der Waals surface area contributed by atoms with Crippen molar-refractivity contribution >= 4 is 29.7 Å². The Morgan fingerprint density at radius 3 is 2.57 bits per heavy atom. The van der Waals surface area contributed by atoms with Gasteiger partial charge in [-0.25, -0.2) is 5.43 Å². The summed E-state index contributed by atoms with van der Waals surface area (Å²) in [5, 5.41) is 17.4. The molecule has 0 amide bonds. The molecule has 1 aromatic heterocycles. The average Bonchev–Trinajstić information content (AvgIpc) is 3.31. The quantitative estimate of drug-likeness (QED) is 0.406. The normalized spacial score (nSPS) is 13.6. The maximum atomic E-state index is 9.99. The van der Waals surface area contributed by atoms with E-state index in [4.69, 9.17) is 4.74 Å². The summed E-state index contributed by atoms with van der Waals surface area (Å²) in [7, 11) is 1.57. The maximum Gasteiger partial charge on any atom is 0.250 e. The molecule has 0 spiro atoms. The third kappa shape index (κ3) is 4.75. The molecule has 0 atom stereocenters. The predicted molar refractivity (Wildman–Crippen MR) is 117 cm³/mol. The molecule has 154 valence electrons. The van der Waals surface area contributed by atoms with Gasteiger partial charge in [0.05, 0.1) is 13.3 Å². The molecule has 0 saturated carbocycles. The van der Waals surface area contributed by atoms with Crippen molar-refractivity contribution in [1.29, 1.82) is 0 Å². The number of para-hydroxylation sites is 1. The van der Waals surface area contributed by atoms with Crippen LogP contribution in [0.1, 0.15) is 18.4 Å². The molecule has 3 N–H and O–H groups in total. The SMILES string of the molecule is COc1ccc(O)c(C=NNc2nc(Nc3ccccc3)nc(N3CCCC3)n2)c1. The van der Waals surface area contributed by atoms with E-state index in [0.717, 1.165) is 31.6 Å². The molecule has 1 aliphatic rings. The number of aromatic hydroxyl groups is 1. The second-order valence-electron chi connectivity index (χ2n) is 6.76. The van der Waals surface area contributed by atoms with Crippen LogP contribution in [0, 0.1) is 0 Å². The summed E-state index contributed by atoms with van der Waals surface area (Å²) in [6.45, 7) is 1.82. The highest BCUT2D eigenvalue weighted by molar-refractivity contribution is 5.84. The largest absolute Gasteiger partial charge is 0.507 e. The highest BCUT2D eigenvalue weighted by Crippen LogP contribution is 2.22. The molecule has 2 heterocycles. The molecule has 30 heavy (non-hydrogen) atoms. The zero-order valence-corrected chi connectivity index (χ0v) is 16.6. The Morgan fingerprint density at radius 2 is 1.80 bits per heavy atom. The molecular formula is C21H23N7O2. The predicted octanol–water partition coefficient (Wildman–Crippen LogP) is 3.38. The fourth-order valence-corrected chi connectivity index (χ4v) is 3.10. The van der Waals surface area contributed by atoms with Gasteiger partial charge in [-0.2, -0.15) is 20.1 Å². The summed E-state index contributed by atoms with van der Waals surface area (Å²) in [5.74, 6) is 2.06. The summed E-state index contributed by atoms with van der Waals surface area (Å²) >= 11 is 0. The van der Waals surface area contributed by atoms with Crippen LogP contribution in [-0.2, 0) is 0 Å². The van der Waals surface area contributed by atoms with E-state index in [1.54, 1.807) is 25.3 Å². The van der Waals surface area contributed by atoms with Gasteiger partial charge in [-0.15, -0.1) is 0 Å². The van der Waals surface area contributed by atoms with E-state index in [9.17, 15) is 5.11 Å². The Balaban J connectivity index is 1.57. The second kappa shape index (κ2) is 9.08. The van der Waals surface area contributed by atoms with Crippen LogP contribution in [0.3, 0.4) is 0 Å². The van der Waals surface area contributed by atoms with E-state index in [-0.39, 0.29) is 5.75 Å². The molecule has 9 nitrogen and oxygen atoms in total. The molecule has 1 aliphatic heterocycles. The molecule has 0 aliphatic carbocycles. The number of aromatic nitrogens is 3. The van der Waals surface area contributed by atoms with Crippen molar-refractivity contribution in [3.63, 3.8) is 0 Å². The summed E-state index contributed by atoms with van der Waals surface area (Å²) < 4.78 is 5.18. The third-order valence-corrected chi connectivity index (χ3v) is 4.65. The van der Waals surface area contributed by atoms with Gasteiger partial charge in [-0.1, -0.05) is 18.2 Å². The van der Waals surface area contributed by atoms with Gasteiger partial charge in [0, 0.05) is 24.3 Å². The van der Waals surface area contributed by atoms with Crippen molar-refractivity contribution in [2.75, 3.05) is 35.8 Å². The number of nitrogens with one attached hydrogen (secondary N) is 2. The first-order valence-electron chi connectivity index (χ1n) is 9.70. The third-order valence-electron chi connectivity index (χ3n) is 4.65. The summed E-state index contributed by atoms with van der Waals surface area (Å²) in [4.78, 5) is 15.6. The van der Waals surface area contributed by atoms with E-state index in [0.29, 0.717) is 29.2 Å². The highest BCUT2D eigenvalue weighted by atomic mass is 16.5. The van der Waals surface area contributed by atoms with E-state index in [1.165, 1.54) is 6.21 Å². The number of benzene rings is 2. The first kappa shape index (κ1) is 19.4. The Labute approximate surface area is 174 Å². The number of hydrogen-bond acceptors (Lipinski definition) is 9. The zero-order valence-electron chi connectivity index (χ0n) is 16.6. The number of hydrogen-bond donors (Lipinski definition) is 3. The standard InChI is InChI=1S/C21H23N7O2/c1-30-17-9-10-18(29)15(13-17)14-22-27-20-24-19(23-16-7-3-2-4-8-16)25-21(26-20)28-11-5-6-12-28/h2-4,7-10,13-14,29H,5-6,11-12H2,1H3,(H2,23,24,25,26,27). The number of methoxy groups -OCH3 is 1. The number of phenols is 1. The van der Waals surface area contributed by atoms with Crippen LogP contribution in [0.4, 0.5) is 23.5 Å². The number of phenolic OH excluding ortho intramolecular Hbond substituents is 1. The van der Waals surface area contributed by atoms with Gasteiger partial charge in [-0.3, -0.25) is 0 Å². The monoisotopic (exact) mass is 405 g/mol. The fourth-order valence-electron chi connectivity index (χ4n) is 3.10. The van der Waals surface area contributed by atoms with Gasteiger partial charge >= 0.3 is 0 Å². The van der Waals surface area contributed by atoms with E-state index in [2.05, 4.69) is 35.7 Å². The molecule has 0 bridgehead atoms. The minimum absolute atomic E-state index is 0.0983. The number of anilines is 4. The smallest absolute Gasteiger partial charge is 0.250 e. The lowest BCUT2D eigenvalue weighted by Crippen LogP contribution is -2.21. The average molecular weight is 405 g/mol. The van der Waals surface area contributed by atoms with Crippen molar-refractivity contribution in [2.24, 2.45) is 5.10 Å². The first-order chi connectivity index (χ1) is 14.7. The van der Waals surface area contributed by atoms with Crippen molar-refractivity contribution < 1.29 is 9.84 Å². The van der Waals surface area contributed by atoms with E-state index >= 15 is 0 Å². The van der Waals surface area contributed by atoms with Crippen LogP contribution >= 0.6 is 0 Å². The van der Waals surface area contributed by atoms with E-state index < -0.39 is 0 Å². The van der Waals surface area contributed by atoms with Crippen molar-refractivity contribution in [3.05, 3.63) is 54.1 Å². The molecule has 2 aromatic carbocycles. The van der Waals surface area contributed by atoms with Gasteiger partial charge in [0.15, 0.2) is 0 Å². The van der Waals surface area contributed by atoms with Crippen molar-refractivity contribution in [3.8, 4) is 11.5 Å². The molecule has 4 rings (SSSR count). The van der Waals surface area contributed by atoms with Crippen molar-refractivity contribution in [1.82, 2.24) is 15.0 Å². The summed E-state index contributed by atoms with van der Waals surface area (Å²) in [6, 6.07) is 14.6. The lowest BCUT2D eigenvalue weighted by molar-refractivity contribution is 0.412. The fraction of sp³-hybridized carbons (Fsp3) is 0.238. The van der Waals surface area contributed by atoms with E-state index in [1.807, 2.05) is 30.3 Å². The van der Waals surface area contributed by atoms with Gasteiger partial charge in [0.1, 0.15) is 11.5 Å². The minimum Gasteiger partial charge on any atom is -0.507 e. The highest BCUT2D eigenvalue weighted by Gasteiger charge is 2.17. The topological polar surface area (TPSA) is 108 Å². The number of ether oxygens (including phenoxy) is 1. The van der Waals surface area contributed by atoms with Gasteiger partial charge in [0.25, 0.3) is 0 Å². The van der Waals surface area contributed by atoms with Gasteiger partial charge < -0.3 is 20.1 Å². The second-order valence-corrected chi connectivity index (χ2v) is 6.76. The molecule has 1 fully saturated rings. The first-order valence-corrected chi connectivity index (χ1v) is 9.70. The lowest BCUT2D eigenvalue weighted by atomic mass is 10.2. The number of hydrazone groups is 1. The molecule has 9 heteroatoms. The Kier molecular flexibility index (Phi) is 5.88. The summed E-state index contributed by atoms with van der Waals surface area (Å²) in [5.41, 5.74) is 4.23. The minimum atomic E-state index is 0.0983. The van der Waals surface area contributed by atoms with Crippen LogP contribution in [-0.4, -0.2) is 46.5 Å². The van der Waals surface area contributed by atoms with Crippen LogP contribution in [0.5, 0.6) is 11.5 Å². The molecule has 1 saturated heterocycles. The summed E-state index contributed by atoms with van der Waals surface area (Å²) in [6.07, 6.45) is 3.72. The van der Waals surface area contributed by atoms with Crippen LogP contribution in [0.15, 0.2) is 53.6 Å². The molecule has 0 radical (unpaired) electrons. The number of nitrogens with zero attached hydrogens (tertiary/aromatic N) is 5. The van der Waals surface area contributed by atoms with Gasteiger partial charge in [0.2, 0.25) is 17.8 Å². The maximum absolute atomic E-state index is 9.99. The molecule has 3 aromatic rings. The van der Waals surface area contributed by atoms with Crippen LogP contribution in [0.25, 0.3) is 0 Å². The Hall–Kier alpha value is -3.88. The Morgan fingerprint density at radius 1 is 1.03 bits per heavy atom. The lowest BCUT2D eigenvalue weighted by Gasteiger charge is -2.16. The Bertz CT molecular complexity index is 1020. The number of rotatable bonds is 7. The molecular weight excluding hydrogens is 382 g/mol. The van der Waals surface area contributed by atoms with Crippen LogP contribution < -0.4 is 20.4 Å². The molecule has 0 unspecified atom stereocenters.